The molecule has 1 saturated carbocycles. The summed E-state index contributed by atoms with van der Waals surface area (Å²) in [5.41, 5.74) is 5.04. The Morgan fingerprint density at radius 2 is 1.46 bits per heavy atom. The van der Waals surface area contributed by atoms with Crippen LogP contribution in [0.15, 0.2) is 78.9 Å². The topological polar surface area (TPSA) is 21.3 Å². The maximum Gasteiger partial charge on any atom is 0.120 e. The quantitative estimate of drug-likeness (QED) is 0.566. The molecule has 3 heteroatoms. The minimum absolute atomic E-state index is 0. The highest BCUT2D eigenvalue weighted by Crippen LogP contribution is 2.30. The Labute approximate surface area is 161 Å². The van der Waals surface area contributed by atoms with E-state index in [9.17, 15) is 0 Å². The smallest absolute Gasteiger partial charge is 0.120 e. The molecule has 3 aromatic carbocycles. The van der Waals surface area contributed by atoms with Crippen LogP contribution in [0.1, 0.15) is 29.5 Å². The highest BCUT2D eigenvalue weighted by Gasteiger charge is 2.22. The van der Waals surface area contributed by atoms with E-state index in [1.54, 1.807) is 0 Å². The molecule has 1 fully saturated rings. The minimum Gasteiger partial charge on any atom is -0.489 e. The molecule has 1 N–H and O–H groups in total. The molecule has 0 unspecified atom stereocenters. The Bertz CT molecular complexity index is 816. The molecule has 4 rings (SSSR count). The van der Waals surface area contributed by atoms with Gasteiger partial charge in [0.15, 0.2) is 0 Å². The van der Waals surface area contributed by atoms with Crippen LogP contribution in [0.3, 0.4) is 0 Å². The van der Waals surface area contributed by atoms with Gasteiger partial charge in [0.05, 0.1) is 0 Å². The Balaban J connectivity index is 0.00000196. The van der Waals surface area contributed by atoms with Crippen LogP contribution in [-0.2, 0) is 13.0 Å². The third kappa shape index (κ3) is 5.03. The zero-order valence-electron chi connectivity index (χ0n) is 14.7. The summed E-state index contributed by atoms with van der Waals surface area (Å²) in [6, 6.07) is 28.0. The molecule has 134 valence electrons. The molecule has 1 aliphatic carbocycles. The van der Waals surface area contributed by atoms with Crippen molar-refractivity contribution in [3.63, 3.8) is 0 Å². The van der Waals surface area contributed by atoms with Crippen LogP contribution in [0.5, 0.6) is 5.75 Å². The van der Waals surface area contributed by atoms with Crippen LogP contribution >= 0.6 is 12.4 Å². The molecule has 0 aliphatic heterocycles. The maximum atomic E-state index is 6.02. The van der Waals surface area contributed by atoms with Crippen LogP contribution in [0, 0.1) is 0 Å². The van der Waals surface area contributed by atoms with E-state index in [4.69, 9.17) is 4.74 Å². The summed E-state index contributed by atoms with van der Waals surface area (Å²) in [6.45, 7) is 0.598. The number of halogens is 1. The number of anilines is 1. The molecule has 0 atom stereocenters. The van der Waals surface area contributed by atoms with Gasteiger partial charge in [-0.25, -0.2) is 0 Å². The van der Waals surface area contributed by atoms with E-state index in [0.29, 0.717) is 12.6 Å². The first-order chi connectivity index (χ1) is 12.4. The summed E-state index contributed by atoms with van der Waals surface area (Å²) < 4.78 is 6.02. The van der Waals surface area contributed by atoms with Crippen molar-refractivity contribution in [2.45, 2.75) is 31.9 Å². The highest BCUT2D eigenvalue weighted by molar-refractivity contribution is 5.85. The zero-order valence-corrected chi connectivity index (χ0v) is 15.5. The van der Waals surface area contributed by atoms with Crippen molar-refractivity contribution < 1.29 is 4.74 Å². The number of rotatable bonds is 7. The molecule has 0 amide bonds. The van der Waals surface area contributed by atoms with Gasteiger partial charge in [-0.3, -0.25) is 0 Å². The molecule has 0 radical (unpaired) electrons. The summed E-state index contributed by atoms with van der Waals surface area (Å²) in [6.07, 6.45) is 3.46. The number of nitrogens with one attached hydrogen (secondary N) is 1. The second kappa shape index (κ2) is 8.77. The summed E-state index contributed by atoms with van der Waals surface area (Å²) in [4.78, 5) is 0. The van der Waals surface area contributed by atoms with E-state index >= 15 is 0 Å². The van der Waals surface area contributed by atoms with Gasteiger partial charge in [-0.1, -0.05) is 60.7 Å². The van der Waals surface area contributed by atoms with E-state index in [-0.39, 0.29) is 12.4 Å². The van der Waals surface area contributed by atoms with Gasteiger partial charge in [0.1, 0.15) is 12.4 Å². The first-order valence-electron chi connectivity index (χ1n) is 8.97. The lowest BCUT2D eigenvalue weighted by atomic mass is 10.0. The molecule has 0 bridgehead atoms. The number of benzene rings is 3. The van der Waals surface area contributed by atoms with Gasteiger partial charge in [0.2, 0.25) is 0 Å². The Hall–Kier alpha value is -2.45. The van der Waals surface area contributed by atoms with Crippen LogP contribution in [0.25, 0.3) is 0 Å². The van der Waals surface area contributed by atoms with Gasteiger partial charge in [0, 0.05) is 11.7 Å². The molecule has 2 nitrogen and oxygen atoms in total. The summed E-state index contributed by atoms with van der Waals surface area (Å²) in [5.74, 6) is 0.927. The molecular formula is C23H24ClNO. The highest BCUT2D eigenvalue weighted by atomic mass is 35.5. The lowest BCUT2D eigenvalue weighted by Crippen LogP contribution is -2.05. The normalized spacial score (nSPS) is 12.9. The molecule has 0 saturated heterocycles. The molecule has 1 aliphatic rings. The number of hydrogen-bond acceptors (Lipinski definition) is 2. The largest absolute Gasteiger partial charge is 0.489 e. The standard InChI is InChI=1S/C23H23NO.ClH/c1-3-7-18(8-4-1)15-20-16-22(13-14-23(20)24-21-11-12-21)25-17-19-9-5-2-6-10-19;/h1-10,13-14,16,21,24H,11-12,15,17H2;1H. The van der Waals surface area contributed by atoms with E-state index in [0.717, 1.165) is 12.2 Å². The zero-order chi connectivity index (χ0) is 16.9. The van der Waals surface area contributed by atoms with Crippen molar-refractivity contribution >= 4 is 18.1 Å². The van der Waals surface area contributed by atoms with Gasteiger partial charge in [-0.2, -0.15) is 0 Å². The molecule has 3 aromatic rings. The fourth-order valence-electron chi connectivity index (χ4n) is 2.95. The lowest BCUT2D eigenvalue weighted by Gasteiger charge is -2.14. The molecule has 0 spiro atoms. The first kappa shape index (κ1) is 18.3. The minimum atomic E-state index is 0. The average molecular weight is 366 g/mol. The Kier molecular flexibility index (Phi) is 6.19. The van der Waals surface area contributed by atoms with E-state index in [1.165, 1.54) is 35.2 Å². The Morgan fingerprint density at radius 1 is 0.808 bits per heavy atom. The van der Waals surface area contributed by atoms with E-state index in [2.05, 4.69) is 66.0 Å². The fraction of sp³-hybridized carbons (Fsp3) is 0.217. The third-order valence-electron chi connectivity index (χ3n) is 4.50. The maximum absolute atomic E-state index is 6.02. The Morgan fingerprint density at radius 3 is 2.12 bits per heavy atom. The third-order valence-corrected chi connectivity index (χ3v) is 4.50. The van der Waals surface area contributed by atoms with Crippen molar-refractivity contribution in [1.29, 1.82) is 0 Å². The van der Waals surface area contributed by atoms with Crippen LogP contribution in [-0.4, -0.2) is 6.04 Å². The van der Waals surface area contributed by atoms with Crippen molar-refractivity contribution in [3.05, 3.63) is 95.6 Å². The average Bonchev–Trinajstić information content (AvgIpc) is 3.48. The van der Waals surface area contributed by atoms with Gasteiger partial charge in [0.25, 0.3) is 0 Å². The molecule has 0 heterocycles. The molecular weight excluding hydrogens is 342 g/mol. The predicted octanol–water partition coefficient (Wildman–Crippen LogP) is 5.85. The number of ether oxygens (including phenoxy) is 1. The van der Waals surface area contributed by atoms with Crippen LogP contribution < -0.4 is 10.1 Å². The fourth-order valence-corrected chi connectivity index (χ4v) is 2.95. The van der Waals surface area contributed by atoms with Gasteiger partial charge in [-0.15, -0.1) is 12.4 Å². The first-order valence-corrected chi connectivity index (χ1v) is 8.97. The van der Waals surface area contributed by atoms with Crippen molar-refractivity contribution in [1.82, 2.24) is 0 Å². The second-order valence-electron chi connectivity index (χ2n) is 6.67. The monoisotopic (exact) mass is 365 g/mol. The summed E-state index contributed by atoms with van der Waals surface area (Å²) in [5, 5.41) is 3.65. The summed E-state index contributed by atoms with van der Waals surface area (Å²) in [7, 11) is 0. The van der Waals surface area contributed by atoms with Crippen molar-refractivity contribution in [2.24, 2.45) is 0 Å². The van der Waals surface area contributed by atoms with Crippen LogP contribution in [0.4, 0.5) is 5.69 Å². The lowest BCUT2D eigenvalue weighted by molar-refractivity contribution is 0.306. The van der Waals surface area contributed by atoms with E-state index < -0.39 is 0 Å². The SMILES string of the molecule is Cl.c1ccc(COc2ccc(NC3CC3)c(Cc3ccccc3)c2)cc1. The molecule has 26 heavy (non-hydrogen) atoms. The van der Waals surface area contributed by atoms with Crippen molar-refractivity contribution in [2.75, 3.05) is 5.32 Å². The van der Waals surface area contributed by atoms with Gasteiger partial charge < -0.3 is 10.1 Å². The van der Waals surface area contributed by atoms with Crippen LogP contribution in [0.2, 0.25) is 0 Å². The summed E-state index contributed by atoms with van der Waals surface area (Å²) >= 11 is 0. The second-order valence-corrected chi connectivity index (χ2v) is 6.67. The number of hydrogen-bond donors (Lipinski definition) is 1. The predicted molar refractivity (Wildman–Crippen MR) is 110 cm³/mol. The molecule has 0 aromatic heterocycles. The van der Waals surface area contributed by atoms with Crippen molar-refractivity contribution in [3.8, 4) is 5.75 Å². The van der Waals surface area contributed by atoms with Gasteiger partial charge >= 0.3 is 0 Å². The van der Waals surface area contributed by atoms with Gasteiger partial charge in [-0.05, 0) is 54.2 Å². The van der Waals surface area contributed by atoms with E-state index in [1.807, 2.05) is 18.2 Å².